The maximum atomic E-state index is 12.8. The molecule has 0 saturated carbocycles. The standard InChI is InChI=1S/C13H14FNO2/c1-2-7-15-8-12(17-9-13(15)16)10-3-5-11(14)6-4-10/h2-6,12H,1,7-9H2. The van der Waals surface area contributed by atoms with Crippen molar-refractivity contribution in [3.63, 3.8) is 0 Å². The van der Waals surface area contributed by atoms with Gasteiger partial charge in [-0.1, -0.05) is 18.2 Å². The van der Waals surface area contributed by atoms with Crippen LogP contribution >= 0.6 is 0 Å². The Morgan fingerprint density at radius 2 is 2.18 bits per heavy atom. The summed E-state index contributed by atoms with van der Waals surface area (Å²) in [5, 5.41) is 0. The third-order valence-corrected chi connectivity index (χ3v) is 2.74. The van der Waals surface area contributed by atoms with Gasteiger partial charge in [-0.15, -0.1) is 6.58 Å². The molecule has 17 heavy (non-hydrogen) atoms. The quantitative estimate of drug-likeness (QED) is 0.749. The Balaban J connectivity index is 2.09. The smallest absolute Gasteiger partial charge is 0.248 e. The summed E-state index contributed by atoms with van der Waals surface area (Å²) in [6, 6.07) is 6.16. The molecule has 1 aromatic rings. The first-order valence-corrected chi connectivity index (χ1v) is 5.46. The highest BCUT2D eigenvalue weighted by molar-refractivity contribution is 5.78. The van der Waals surface area contributed by atoms with Crippen molar-refractivity contribution in [1.82, 2.24) is 4.90 Å². The van der Waals surface area contributed by atoms with Crippen LogP contribution < -0.4 is 0 Å². The van der Waals surface area contributed by atoms with Gasteiger partial charge in [-0.3, -0.25) is 4.79 Å². The number of morpholine rings is 1. The number of carbonyl (C=O) groups is 1. The number of hydrogen-bond acceptors (Lipinski definition) is 2. The Bertz CT molecular complexity index is 416. The molecule has 90 valence electrons. The molecule has 1 aliphatic rings. The molecule has 1 fully saturated rings. The van der Waals surface area contributed by atoms with Gasteiger partial charge >= 0.3 is 0 Å². The lowest BCUT2D eigenvalue weighted by atomic mass is 10.1. The van der Waals surface area contributed by atoms with E-state index >= 15 is 0 Å². The van der Waals surface area contributed by atoms with Gasteiger partial charge in [-0.25, -0.2) is 4.39 Å². The summed E-state index contributed by atoms with van der Waals surface area (Å²) in [6.45, 7) is 4.68. The Morgan fingerprint density at radius 1 is 1.47 bits per heavy atom. The van der Waals surface area contributed by atoms with Gasteiger partial charge in [-0.05, 0) is 17.7 Å². The minimum Gasteiger partial charge on any atom is -0.362 e. The van der Waals surface area contributed by atoms with E-state index in [1.165, 1.54) is 12.1 Å². The molecule has 3 nitrogen and oxygen atoms in total. The molecule has 0 radical (unpaired) electrons. The van der Waals surface area contributed by atoms with Gasteiger partial charge in [0.05, 0.1) is 6.54 Å². The van der Waals surface area contributed by atoms with Crippen molar-refractivity contribution in [3.05, 3.63) is 48.3 Å². The summed E-state index contributed by atoms with van der Waals surface area (Å²) >= 11 is 0. The lowest BCUT2D eigenvalue weighted by molar-refractivity contribution is -0.148. The third-order valence-electron chi connectivity index (χ3n) is 2.74. The molecule has 1 amide bonds. The SMILES string of the molecule is C=CCN1CC(c2ccc(F)cc2)OCC1=O. The molecule has 4 heteroatoms. The van der Waals surface area contributed by atoms with Gasteiger partial charge in [0.25, 0.3) is 0 Å². The van der Waals surface area contributed by atoms with Gasteiger partial charge in [0.15, 0.2) is 0 Å². The van der Waals surface area contributed by atoms with Gasteiger partial charge in [-0.2, -0.15) is 0 Å². The van der Waals surface area contributed by atoms with E-state index in [1.807, 2.05) is 0 Å². The first kappa shape index (κ1) is 11.8. The highest BCUT2D eigenvalue weighted by Crippen LogP contribution is 2.22. The van der Waals surface area contributed by atoms with Crippen LogP contribution in [0.3, 0.4) is 0 Å². The molecular weight excluding hydrogens is 221 g/mol. The summed E-state index contributed by atoms with van der Waals surface area (Å²) in [5.41, 5.74) is 0.882. The average Bonchev–Trinajstić information content (AvgIpc) is 2.33. The van der Waals surface area contributed by atoms with Crippen molar-refractivity contribution in [2.45, 2.75) is 6.10 Å². The second kappa shape index (κ2) is 5.10. The lowest BCUT2D eigenvalue weighted by Crippen LogP contribution is -2.43. The second-order valence-corrected chi connectivity index (χ2v) is 3.94. The summed E-state index contributed by atoms with van der Waals surface area (Å²) in [6.07, 6.45) is 1.50. The van der Waals surface area contributed by atoms with Crippen molar-refractivity contribution < 1.29 is 13.9 Å². The molecule has 0 bridgehead atoms. The van der Waals surface area contributed by atoms with Crippen LogP contribution in [-0.2, 0) is 9.53 Å². The van der Waals surface area contributed by atoms with Crippen LogP contribution in [0.5, 0.6) is 0 Å². The van der Waals surface area contributed by atoms with E-state index in [1.54, 1.807) is 23.1 Å². The Morgan fingerprint density at radius 3 is 2.82 bits per heavy atom. The van der Waals surface area contributed by atoms with Gasteiger partial charge in [0, 0.05) is 6.54 Å². The molecule has 1 saturated heterocycles. The van der Waals surface area contributed by atoms with Crippen LogP contribution in [0.2, 0.25) is 0 Å². The predicted molar refractivity (Wildman–Crippen MR) is 61.9 cm³/mol. The summed E-state index contributed by atoms with van der Waals surface area (Å²) in [7, 11) is 0. The van der Waals surface area contributed by atoms with Gasteiger partial charge in [0.2, 0.25) is 5.91 Å². The molecule has 2 rings (SSSR count). The number of amides is 1. The van der Waals surface area contributed by atoms with Crippen LogP contribution in [-0.4, -0.2) is 30.5 Å². The van der Waals surface area contributed by atoms with Crippen molar-refractivity contribution in [2.75, 3.05) is 19.7 Å². The lowest BCUT2D eigenvalue weighted by Gasteiger charge is -2.32. The van der Waals surface area contributed by atoms with Crippen LogP contribution in [0, 0.1) is 5.82 Å². The minimum absolute atomic E-state index is 0.0386. The van der Waals surface area contributed by atoms with Crippen molar-refractivity contribution in [2.24, 2.45) is 0 Å². The summed E-state index contributed by atoms with van der Waals surface area (Å²) in [5.74, 6) is -0.313. The average molecular weight is 235 g/mol. The topological polar surface area (TPSA) is 29.5 Å². The van der Waals surface area contributed by atoms with E-state index in [4.69, 9.17) is 4.74 Å². The first-order valence-electron chi connectivity index (χ1n) is 5.46. The molecule has 0 N–H and O–H groups in total. The van der Waals surface area contributed by atoms with Crippen molar-refractivity contribution in [1.29, 1.82) is 0 Å². The fourth-order valence-corrected chi connectivity index (χ4v) is 1.83. The Labute approximate surface area is 99.5 Å². The van der Waals surface area contributed by atoms with Crippen molar-refractivity contribution >= 4 is 5.91 Å². The van der Waals surface area contributed by atoms with E-state index in [9.17, 15) is 9.18 Å². The van der Waals surface area contributed by atoms with E-state index < -0.39 is 0 Å². The molecule has 0 aliphatic carbocycles. The molecule has 1 aromatic carbocycles. The fourth-order valence-electron chi connectivity index (χ4n) is 1.83. The first-order chi connectivity index (χ1) is 8.20. The number of nitrogens with zero attached hydrogens (tertiary/aromatic N) is 1. The van der Waals surface area contributed by atoms with E-state index in [0.717, 1.165) is 5.56 Å². The number of ether oxygens (including phenoxy) is 1. The largest absolute Gasteiger partial charge is 0.362 e. The molecular formula is C13H14FNO2. The van der Waals surface area contributed by atoms with Crippen LogP contribution in [0.15, 0.2) is 36.9 Å². The number of benzene rings is 1. The molecule has 1 atom stereocenters. The molecule has 1 heterocycles. The number of halogens is 1. The highest BCUT2D eigenvalue weighted by atomic mass is 19.1. The summed E-state index contributed by atoms with van der Waals surface area (Å²) in [4.78, 5) is 13.2. The minimum atomic E-state index is -0.274. The van der Waals surface area contributed by atoms with Crippen LogP contribution in [0.25, 0.3) is 0 Å². The molecule has 0 spiro atoms. The monoisotopic (exact) mass is 235 g/mol. The Kier molecular flexibility index (Phi) is 3.54. The predicted octanol–water partition coefficient (Wildman–Crippen LogP) is 1.91. The number of carbonyl (C=O) groups excluding carboxylic acids is 1. The van der Waals surface area contributed by atoms with Crippen LogP contribution in [0.1, 0.15) is 11.7 Å². The third kappa shape index (κ3) is 2.71. The highest BCUT2D eigenvalue weighted by Gasteiger charge is 2.26. The molecule has 0 aromatic heterocycles. The van der Waals surface area contributed by atoms with Gasteiger partial charge in [0.1, 0.15) is 18.5 Å². The van der Waals surface area contributed by atoms with E-state index in [-0.39, 0.29) is 24.4 Å². The maximum Gasteiger partial charge on any atom is 0.248 e. The van der Waals surface area contributed by atoms with Crippen LogP contribution in [0.4, 0.5) is 4.39 Å². The zero-order valence-corrected chi connectivity index (χ0v) is 9.43. The normalized spacial score (nSPS) is 20.4. The van der Waals surface area contributed by atoms with Gasteiger partial charge < -0.3 is 9.64 Å². The Hall–Kier alpha value is -1.68. The number of rotatable bonds is 3. The second-order valence-electron chi connectivity index (χ2n) is 3.94. The fraction of sp³-hybridized carbons (Fsp3) is 0.308. The zero-order chi connectivity index (χ0) is 12.3. The van der Waals surface area contributed by atoms with E-state index in [2.05, 4.69) is 6.58 Å². The zero-order valence-electron chi connectivity index (χ0n) is 9.43. The molecule has 1 unspecified atom stereocenters. The van der Waals surface area contributed by atoms with Crippen molar-refractivity contribution in [3.8, 4) is 0 Å². The number of hydrogen-bond donors (Lipinski definition) is 0. The maximum absolute atomic E-state index is 12.8. The summed E-state index contributed by atoms with van der Waals surface area (Å²) < 4.78 is 18.2. The molecule has 1 aliphatic heterocycles. The van der Waals surface area contributed by atoms with E-state index in [0.29, 0.717) is 13.1 Å².